The third-order valence-electron chi connectivity index (χ3n) is 4.78. The Labute approximate surface area is 156 Å². The Morgan fingerprint density at radius 2 is 2.07 bits per heavy atom. The number of fused-ring (bicyclic) bond motifs is 2. The number of aromatic nitrogens is 2. The van der Waals surface area contributed by atoms with Gasteiger partial charge in [-0.05, 0) is 42.2 Å². The molecular weight excluding hydrogens is 344 g/mol. The van der Waals surface area contributed by atoms with Crippen molar-refractivity contribution in [2.24, 2.45) is 0 Å². The fourth-order valence-electron chi connectivity index (χ4n) is 3.40. The van der Waals surface area contributed by atoms with Gasteiger partial charge in [0, 0.05) is 31.0 Å². The van der Waals surface area contributed by atoms with Gasteiger partial charge in [-0.25, -0.2) is 4.98 Å². The summed E-state index contributed by atoms with van der Waals surface area (Å²) < 4.78 is 5.22. The third kappa shape index (κ3) is 3.05. The number of hydrogen-bond acceptors (Lipinski definition) is 5. The highest BCUT2D eigenvalue weighted by molar-refractivity contribution is 6.06. The van der Waals surface area contributed by atoms with Crippen molar-refractivity contribution in [3.63, 3.8) is 0 Å². The van der Waals surface area contributed by atoms with E-state index in [-0.39, 0.29) is 17.7 Å². The largest absolute Gasteiger partial charge is 0.336 e. The van der Waals surface area contributed by atoms with Gasteiger partial charge in [0.2, 0.25) is 5.91 Å². The number of hydrogen-bond donors (Lipinski definition) is 1. The quantitative estimate of drug-likeness (QED) is 0.768. The number of amides is 2. The number of nitrogens with one attached hydrogen (secondary N) is 1. The molecule has 27 heavy (non-hydrogen) atoms. The molecule has 0 fully saturated rings. The standard InChI is InChI=1S/C20H20N4O3/c1-11(2)18-16-9-14(10-21-20(16)27-23-18)19(26)22-15-4-5-17-13(8-15)6-7-24(17)12(3)25/h4-5,8-11H,6-7H2,1-3H3,(H,22,26). The second-order valence-electron chi connectivity index (χ2n) is 7.02. The molecule has 3 heterocycles. The van der Waals surface area contributed by atoms with Crippen LogP contribution in [-0.4, -0.2) is 28.5 Å². The van der Waals surface area contributed by atoms with E-state index >= 15 is 0 Å². The minimum atomic E-state index is -0.248. The lowest BCUT2D eigenvalue weighted by atomic mass is 10.1. The van der Waals surface area contributed by atoms with E-state index in [0.29, 0.717) is 23.5 Å². The normalized spacial score (nSPS) is 13.3. The highest BCUT2D eigenvalue weighted by Gasteiger charge is 2.22. The Morgan fingerprint density at radius 3 is 2.81 bits per heavy atom. The van der Waals surface area contributed by atoms with Gasteiger partial charge in [0.1, 0.15) is 0 Å². The van der Waals surface area contributed by atoms with Crippen LogP contribution in [0.2, 0.25) is 0 Å². The monoisotopic (exact) mass is 364 g/mol. The molecule has 0 atom stereocenters. The first-order valence-electron chi connectivity index (χ1n) is 8.91. The second-order valence-corrected chi connectivity index (χ2v) is 7.02. The van der Waals surface area contributed by atoms with E-state index in [2.05, 4.69) is 15.5 Å². The summed E-state index contributed by atoms with van der Waals surface area (Å²) in [6.07, 6.45) is 2.27. The van der Waals surface area contributed by atoms with Crippen LogP contribution in [0.15, 0.2) is 35.0 Å². The number of nitrogens with zero attached hydrogens (tertiary/aromatic N) is 3. The smallest absolute Gasteiger partial charge is 0.257 e. The third-order valence-corrected chi connectivity index (χ3v) is 4.78. The summed E-state index contributed by atoms with van der Waals surface area (Å²) in [6, 6.07) is 7.36. The van der Waals surface area contributed by atoms with Crippen LogP contribution in [0.1, 0.15) is 48.3 Å². The van der Waals surface area contributed by atoms with Crippen molar-refractivity contribution >= 4 is 34.3 Å². The maximum absolute atomic E-state index is 12.7. The molecule has 7 heteroatoms. The zero-order valence-corrected chi connectivity index (χ0v) is 15.4. The van der Waals surface area contributed by atoms with Crippen LogP contribution in [0.25, 0.3) is 11.1 Å². The van der Waals surface area contributed by atoms with Crippen LogP contribution in [0.3, 0.4) is 0 Å². The van der Waals surface area contributed by atoms with Crippen molar-refractivity contribution in [3.05, 3.63) is 47.3 Å². The molecule has 0 radical (unpaired) electrons. The molecule has 0 bridgehead atoms. The fourth-order valence-corrected chi connectivity index (χ4v) is 3.40. The summed E-state index contributed by atoms with van der Waals surface area (Å²) in [5.74, 6) is -0.0476. The molecule has 0 saturated carbocycles. The van der Waals surface area contributed by atoms with Crippen LogP contribution < -0.4 is 10.2 Å². The van der Waals surface area contributed by atoms with Crippen molar-refractivity contribution in [1.29, 1.82) is 0 Å². The van der Waals surface area contributed by atoms with Gasteiger partial charge >= 0.3 is 0 Å². The molecule has 0 aliphatic carbocycles. The van der Waals surface area contributed by atoms with Crippen LogP contribution in [0, 0.1) is 0 Å². The SMILES string of the molecule is CC(=O)N1CCc2cc(NC(=O)c3cnc4onc(C(C)C)c4c3)ccc21. The second kappa shape index (κ2) is 6.50. The number of anilines is 2. The van der Waals surface area contributed by atoms with Crippen LogP contribution in [0.5, 0.6) is 0 Å². The van der Waals surface area contributed by atoms with Crippen molar-refractivity contribution in [1.82, 2.24) is 10.1 Å². The average Bonchev–Trinajstić information content (AvgIpc) is 3.24. The van der Waals surface area contributed by atoms with Crippen LogP contribution >= 0.6 is 0 Å². The maximum atomic E-state index is 12.7. The minimum Gasteiger partial charge on any atom is -0.336 e. The van der Waals surface area contributed by atoms with E-state index in [4.69, 9.17) is 4.52 Å². The maximum Gasteiger partial charge on any atom is 0.257 e. The van der Waals surface area contributed by atoms with E-state index in [1.165, 1.54) is 6.20 Å². The molecule has 1 aromatic carbocycles. The van der Waals surface area contributed by atoms with E-state index in [0.717, 1.165) is 28.8 Å². The molecule has 1 aliphatic rings. The van der Waals surface area contributed by atoms with Gasteiger partial charge in [-0.1, -0.05) is 19.0 Å². The van der Waals surface area contributed by atoms with Gasteiger partial charge in [-0.15, -0.1) is 0 Å². The molecule has 1 aliphatic heterocycles. The van der Waals surface area contributed by atoms with Gasteiger partial charge < -0.3 is 14.7 Å². The highest BCUT2D eigenvalue weighted by atomic mass is 16.5. The number of carbonyl (C=O) groups is 2. The molecule has 3 aromatic rings. The first kappa shape index (κ1) is 17.2. The summed E-state index contributed by atoms with van der Waals surface area (Å²) in [7, 11) is 0. The van der Waals surface area contributed by atoms with Crippen molar-refractivity contribution in [2.75, 3.05) is 16.8 Å². The Kier molecular flexibility index (Phi) is 4.14. The first-order chi connectivity index (χ1) is 12.9. The molecule has 0 unspecified atom stereocenters. The Hall–Kier alpha value is -3.22. The lowest BCUT2D eigenvalue weighted by Crippen LogP contribution is -2.25. The van der Waals surface area contributed by atoms with Crippen LogP contribution in [0.4, 0.5) is 11.4 Å². The summed E-state index contributed by atoms with van der Waals surface area (Å²) in [5, 5.41) is 7.70. The fraction of sp³-hybridized carbons (Fsp3) is 0.300. The van der Waals surface area contributed by atoms with Crippen molar-refractivity contribution in [3.8, 4) is 0 Å². The minimum absolute atomic E-state index is 0.0274. The van der Waals surface area contributed by atoms with Crippen molar-refractivity contribution < 1.29 is 14.1 Å². The van der Waals surface area contributed by atoms with Gasteiger partial charge in [-0.3, -0.25) is 9.59 Å². The van der Waals surface area contributed by atoms with Gasteiger partial charge in [-0.2, -0.15) is 0 Å². The molecule has 2 amide bonds. The van der Waals surface area contributed by atoms with Gasteiger partial charge in [0.15, 0.2) is 0 Å². The predicted molar refractivity (Wildman–Crippen MR) is 102 cm³/mol. The van der Waals surface area contributed by atoms with Crippen molar-refractivity contribution in [2.45, 2.75) is 33.1 Å². The molecule has 2 aromatic heterocycles. The molecule has 1 N–H and O–H groups in total. The van der Waals surface area contributed by atoms with E-state index in [1.807, 2.05) is 32.0 Å². The molecule has 4 rings (SSSR count). The lowest BCUT2D eigenvalue weighted by molar-refractivity contribution is -0.116. The molecule has 0 spiro atoms. The Bertz CT molecular complexity index is 1050. The molecule has 7 nitrogen and oxygen atoms in total. The van der Waals surface area contributed by atoms with Gasteiger partial charge in [0.25, 0.3) is 11.6 Å². The van der Waals surface area contributed by atoms with Gasteiger partial charge in [0.05, 0.1) is 16.6 Å². The Morgan fingerprint density at radius 1 is 1.26 bits per heavy atom. The first-order valence-corrected chi connectivity index (χ1v) is 8.91. The molecule has 0 saturated heterocycles. The summed E-state index contributed by atoms with van der Waals surface area (Å²) in [6.45, 7) is 6.26. The van der Waals surface area contributed by atoms with E-state index in [1.54, 1.807) is 17.9 Å². The highest BCUT2D eigenvalue weighted by Crippen LogP contribution is 2.31. The lowest BCUT2D eigenvalue weighted by Gasteiger charge is -2.15. The summed E-state index contributed by atoms with van der Waals surface area (Å²) in [4.78, 5) is 30.3. The number of benzene rings is 1. The number of rotatable bonds is 3. The average molecular weight is 364 g/mol. The number of carbonyl (C=O) groups excluding carboxylic acids is 2. The predicted octanol–water partition coefficient (Wildman–Crippen LogP) is 3.51. The van der Waals surface area contributed by atoms with E-state index in [9.17, 15) is 9.59 Å². The molecule has 138 valence electrons. The molecular formula is C20H20N4O3. The van der Waals surface area contributed by atoms with Crippen LogP contribution in [-0.2, 0) is 11.2 Å². The zero-order chi connectivity index (χ0) is 19.1. The summed E-state index contributed by atoms with van der Waals surface area (Å²) >= 11 is 0. The zero-order valence-electron chi connectivity index (χ0n) is 15.4. The topological polar surface area (TPSA) is 88.3 Å². The number of pyridine rings is 1. The van der Waals surface area contributed by atoms with E-state index < -0.39 is 0 Å². The Balaban J connectivity index is 1.59. The summed E-state index contributed by atoms with van der Waals surface area (Å²) in [5.41, 5.74) is 4.32.